The monoisotopic (exact) mass is 358 g/mol. The first-order valence-corrected chi connectivity index (χ1v) is 8.29. The van der Waals surface area contributed by atoms with Crippen LogP contribution < -0.4 is 15.4 Å². The molecular weight excluding hydrogens is 340 g/mol. The summed E-state index contributed by atoms with van der Waals surface area (Å²) in [4.78, 5) is 16.8. The zero-order valence-corrected chi connectivity index (χ0v) is 15.0. The highest BCUT2D eigenvalue weighted by molar-refractivity contribution is 6.05. The molecular formula is C21H18N4O2. The van der Waals surface area contributed by atoms with Crippen molar-refractivity contribution < 1.29 is 9.53 Å². The number of methoxy groups -OCH3 is 1. The highest BCUT2D eigenvalue weighted by atomic mass is 16.5. The number of rotatable bonds is 5. The van der Waals surface area contributed by atoms with Crippen LogP contribution in [0.15, 0.2) is 60.8 Å². The maximum Gasteiger partial charge on any atom is 0.257 e. The number of pyridine rings is 1. The average Bonchev–Trinajstić information content (AvgIpc) is 2.69. The summed E-state index contributed by atoms with van der Waals surface area (Å²) >= 11 is 0. The van der Waals surface area contributed by atoms with Gasteiger partial charge >= 0.3 is 0 Å². The normalized spacial score (nSPS) is 9.96. The van der Waals surface area contributed by atoms with Crippen LogP contribution >= 0.6 is 0 Å². The molecule has 0 saturated carbocycles. The van der Waals surface area contributed by atoms with Gasteiger partial charge in [0.1, 0.15) is 17.6 Å². The van der Waals surface area contributed by atoms with Gasteiger partial charge in [-0.05, 0) is 48.9 Å². The number of benzene rings is 2. The van der Waals surface area contributed by atoms with Crippen LogP contribution in [0.25, 0.3) is 0 Å². The van der Waals surface area contributed by atoms with E-state index in [2.05, 4.69) is 21.7 Å². The molecule has 1 amide bonds. The first kappa shape index (κ1) is 18.0. The number of ether oxygens (including phenoxy) is 1. The third kappa shape index (κ3) is 4.22. The Morgan fingerprint density at radius 1 is 1.11 bits per heavy atom. The Balaban J connectivity index is 1.75. The molecule has 6 heteroatoms. The lowest BCUT2D eigenvalue weighted by Gasteiger charge is -2.11. The van der Waals surface area contributed by atoms with Crippen molar-refractivity contribution in [2.24, 2.45) is 0 Å². The molecule has 1 heterocycles. The number of aryl methyl sites for hydroxylation is 1. The van der Waals surface area contributed by atoms with E-state index in [0.29, 0.717) is 34.1 Å². The van der Waals surface area contributed by atoms with Gasteiger partial charge in [-0.2, -0.15) is 5.26 Å². The highest BCUT2D eigenvalue weighted by Crippen LogP contribution is 2.26. The maximum atomic E-state index is 12.5. The van der Waals surface area contributed by atoms with Gasteiger partial charge in [0.2, 0.25) is 0 Å². The van der Waals surface area contributed by atoms with Crippen molar-refractivity contribution in [3.63, 3.8) is 0 Å². The minimum absolute atomic E-state index is 0.282. The minimum Gasteiger partial charge on any atom is -0.495 e. The fourth-order valence-corrected chi connectivity index (χ4v) is 2.54. The number of aromatic nitrogens is 1. The Kier molecular flexibility index (Phi) is 5.33. The van der Waals surface area contributed by atoms with Gasteiger partial charge in [-0.1, -0.05) is 18.2 Å². The van der Waals surface area contributed by atoms with Crippen molar-refractivity contribution in [1.29, 1.82) is 5.26 Å². The number of anilines is 3. The van der Waals surface area contributed by atoms with Gasteiger partial charge in [0, 0.05) is 6.20 Å². The Morgan fingerprint density at radius 2 is 1.93 bits per heavy atom. The summed E-state index contributed by atoms with van der Waals surface area (Å²) in [6.45, 7) is 1.94. The molecule has 0 spiro atoms. The van der Waals surface area contributed by atoms with Crippen LogP contribution in [-0.4, -0.2) is 18.0 Å². The third-order valence-corrected chi connectivity index (χ3v) is 3.94. The number of nitriles is 1. The third-order valence-electron chi connectivity index (χ3n) is 3.94. The molecule has 134 valence electrons. The zero-order valence-electron chi connectivity index (χ0n) is 15.0. The summed E-state index contributed by atoms with van der Waals surface area (Å²) in [6, 6.07) is 18.2. The number of para-hydroxylation sites is 1. The SMILES string of the molecule is COc1ccc(C)cc1NC(=O)c1ccc(Nc2ccccc2C#N)nc1. The lowest BCUT2D eigenvalue weighted by molar-refractivity contribution is 0.102. The first-order valence-electron chi connectivity index (χ1n) is 8.29. The van der Waals surface area contributed by atoms with Crippen LogP contribution in [0, 0.1) is 18.3 Å². The Morgan fingerprint density at radius 3 is 2.63 bits per heavy atom. The lowest BCUT2D eigenvalue weighted by atomic mass is 10.2. The topological polar surface area (TPSA) is 87.0 Å². The quantitative estimate of drug-likeness (QED) is 0.711. The Labute approximate surface area is 157 Å². The summed E-state index contributed by atoms with van der Waals surface area (Å²) < 4.78 is 5.28. The van der Waals surface area contributed by atoms with Crippen LogP contribution in [0.3, 0.4) is 0 Å². The largest absolute Gasteiger partial charge is 0.495 e. The van der Waals surface area contributed by atoms with Gasteiger partial charge < -0.3 is 15.4 Å². The molecule has 0 saturated heterocycles. The Hall–Kier alpha value is -3.85. The molecule has 1 aromatic heterocycles. The summed E-state index contributed by atoms with van der Waals surface area (Å²) in [5.74, 6) is 0.853. The van der Waals surface area contributed by atoms with Crippen LogP contribution in [-0.2, 0) is 0 Å². The molecule has 3 aromatic rings. The van der Waals surface area contributed by atoms with Crippen molar-refractivity contribution in [2.45, 2.75) is 6.92 Å². The smallest absolute Gasteiger partial charge is 0.257 e. The van der Waals surface area contributed by atoms with E-state index in [4.69, 9.17) is 10.00 Å². The van der Waals surface area contributed by atoms with Crippen molar-refractivity contribution in [3.05, 3.63) is 77.5 Å². The van der Waals surface area contributed by atoms with Crippen molar-refractivity contribution in [2.75, 3.05) is 17.7 Å². The van der Waals surface area contributed by atoms with E-state index in [1.165, 1.54) is 6.20 Å². The van der Waals surface area contributed by atoms with E-state index in [0.717, 1.165) is 5.56 Å². The van der Waals surface area contributed by atoms with Gasteiger partial charge in [0.05, 0.1) is 29.6 Å². The summed E-state index contributed by atoms with van der Waals surface area (Å²) in [6.07, 6.45) is 1.48. The van der Waals surface area contributed by atoms with Crippen LogP contribution in [0.1, 0.15) is 21.5 Å². The zero-order chi connectivity index (χ0) is 19.2. The molecule has 0 aliphatic rings. The van der Waals surface area contributed by atoms with E-state index < -0.39 is 0 Å². The fourth-order valence-electron chi connectivity index (χ4n) is 2.54. The molecule has 0 aliphatic carbocycles. The minimum atomic E-state index is -0.282. The van der Waals surface area contributed by atoms with Crippen LogP contribution in [0.4, 0.5) is 17.2 Å². The second-order valence-electron chi connectivity index (χ2n) is 5.87. The van der Waals surface area contributed by atoms with E-state index in [1.54, 1.807) is 37.4 Å². The van der Waals surface area contributed by atoms with Crippen molar-refractivity contribution >= 4 is 23.1 Å². The van der Waals surface area contributed by atoms with Gasteiger partial charge in [-0.15, -0.1) is 0 Å². The number of carbonyl (C=O) groups excluding carboxylic acids is 1. The number of amides is 1. The summed E-state index contributed by atoms with van der Waals surface area (Å²) in [5, 5.41) is 15.1. The molecule has 0 bridgehead atoms. The number of hydrogen-bond acceptors (Lipinski definition) is 5. The standard InChI is InChI=1S/C21H18N4O2/c1-14-7-9-19(27-2)18(11-14)25-21(26)16-8-10-20(23-13-16)24-17-6-4-3-5-15(17)12-22/h3-11,13H,1-2H3,(H,23,24)(H,25,26). The Bertz CT molecular complexity index is 1010. The molecule has 27 heavy (non-hydrogen) atoms. The molecule has 0 aliphatic heterocycles. The maximum absolute atomic E-state index is 12.5. The number of nitrogens with one attached hydrogen (secondary N) is 2. The van der Waals surface area contributed by atoms with Crippen molar-refractivity contribution in [1.82, 2.24) is 4.98 Å². The van der Waals surface area contributed by atoms with E-state index in [-0.39, 0.29) is 5.91 Å². The summed E-state index contributed by atoms with van der Waals surface area (Å²) in [5.41, 5.74) is 3.21. The molecule has 0 fully saturated rings. The first-order chi connectivity index (χ1) is 13.1. The predicted molar refractivity (Wildman–Crippen MR) is 104 cm³/mol. The second-order valence-corrected chi connectivity index (χ2v) is 5.87. The van der Waals surface area contributed by atoms with Gasteiger partial charge in [0.15, 0.2) is 0 Å². The predicted octanol–water partition coefficient (Wildman–Crippen LogP) is 4.27. The molecule has 0 unspecified atom stereocenters. The van der Waals surface area contributed by atoms with Gasteiger partial charge in [-0.25, -0.2) is 4.98 Å². The molecule has 6 nitrogen and oxygen atoms in total. The molecule has 0 atom stereocenters. The van der Waals surface area contributed by atoms with Crippen LogP contribution in [0.5, 0.6) is 5.75 Å². The van der Waals surface area contributed by atoms with Crippen molar-refractivity contribution in [3.8, 4) is 11.8 Å². The average molecular weight is 358 g/mol. The van der Waals surface area contributed by atoms with Crippen LogP contribution in [0.2, 0.25) is 0 Å². The fraction of sp³-hybridized carbons (Fsp3) is 0.0952. The molecule has 2 aromatic carbocycles. The van der Waals surface area contributed by atoms with E-state index in [9.17, 15) is 4.79 Å². The highest BCUT2D eigenvalue weighted by Gasteiger charge is 2.11. The van der Waals surface area contributed by atoms with E-state index in [1.807, 2.05) is 31.2 Å². The molecule has 3 rings (SSSR count). The second kappa shape index (κ2) is 8.02. The number of hydrogen-bond donors (Lipinski definition) is 2. The lowest BCUT2D eigenvalue weighted by Crippen LogP contribution is -2.13. The number of carbonyl (C=O) groups is 1. The molecule has 2 N–H and O–H groups in total. The van der Waals surface area contributed by atoms with Gasteiger partial charge in [0.25, 0.3) is 5.91 Å². The summed E-state index contributed by atoms with van der Waals surface area (Å²) in [7, 11) is 1.56. The van der Waals surface area contributed by atoms with Gasteiger partial charge in [-0.3, -0.25) is 4.79 Å². The van der Waals surface area contributed by atoms with E-state index >= 15 is 0 Å². The number of nitrogens with zero attached hydrogens (tertiary/aromatic N) is 2. The molecule has 0 radical (unpaired) electrons.